The fourth-order valence-electron chi connectivity index (χ4n) is 6.76. The summed E-state index contributed by atoms with van der Waals surface area (Å²) < 4.78 is 22.0. The number of fused-ring (bicyclic) bond motifs is 1. The van der Waals surface area contributed by atoms with Crippen molar-refractivity contribution in [2.24, 2.45) is 11.5 Å². The number of benzene rings is 2. The highest BCUT2D eigenvalue weighted by atomic mass is 35.5. The molecule has 6 N–H and O–H groups in total. The highest BCUT2D eigenvalue weighted by Gasteiger charge is 2.41. The van der Waals surface area contributed by atoms with Crippen molar-refractivity contribution in [2.75, 3.05) is 6.61 Å². The van der Waals surface area contributed by atoms with Gasteiger partial charge in [0.05, 0.1) is 23.0 Å². The zero-order chi connectivity index (χ0) is 31.7. The number of aryl methyl sites for hydroxylation is 1. The molecule has 11 heteroatoms. The Labute approximate surface area is 267 Å². The van der Waals surface area contributed by atoms with E-state index in [1.54, 1.807) is 24.4 Å². The number of nitrogens with one attached hydrogen (secondary N) is 2. The zero-order valence-corrected chi connectivity index (χ0v) is 26.3. The molecule has 0 spiro atoms. The first kappa shape index (κ1) is 31.3. The van der Waals surface area contributed by atoms with Crippen molar-refractivity contribution < 1.29 is 9.13 Å². The number of aromatic nitrogens is 3. The normalized spacial score (nSPS) is 19.6. The third-order valence-electron chi connectivity index (χ3n) is 9.04. The van der Waals surface area contributed by atoms with Gasteiger partial charge in [0.15, 0.2) is 5.82 Å². The number of hydrogen-bond donors (Lipinski definition) is 4. The highest BCUT2D eigenvalue weighted by molar-refractivity contribution is 6.31. The molecule has 1 unspecified atom stereocenters. The van der Waals surface area contributed by atoms with E-state index in [1.165, 1.54) is 23.0 Å². The number of rotatable bonds is 11. The molecule has 1 saturated heterocycles. The number of hydrogen-bond acceptors (Lipinski definition) is 6. The maximum absolute atomic E-state index is 15.2. The third-order valence-corrected chi connectivity index (χ3v) is 9.32. The average Bonchev–Trinajstić information content (AvgIpc) is 3.77. The van der Waals surface area contributed by atoms with E-state index < -0.39 is 11.5 Å². The molecule has 1 aliphatic carbocycles. The van der Waals surface area contributed by atoms with Crippen LogP contribution in [0.5, 0.6) is 0 Å². The van der Waals surface area contributed by atoms with Gasteiger partial charge in [0.25, 0.3) is 6.02 Å². The minimum Gasteiger partial charge on any atom is -0.466 e. The second-order valence-corrected chi connectivity index (χ2v) is 13.0. The molecular weight excluding hydrogens is 593 g/mol. The minimum atomic E-state index is -0.512. The van der Waals surface area contributed by atoms with Crippen LogP contribution in [0.4, 0.5) is 4.39 Å². The minimum absolute atomic E-state index is 0.0588. The van der Waals surface area contributed by atoms with Gasteiger partial charge in [-0.05, 0) is 106 Å². The Kier molecular flexibility index (Phi) is 9.26. The van der Waals surface area contributed by atoms with Gasteiger partial charge in [0.2, 0.25) is 0 Å². The molecule has 45 heavy (non-hydrogen) atoms. The monoisotopic (exact) mass is 633 g/mol. The van der Waals surface area contributed by atoms with Crippen LogP contribution in [-0.2, 0) is 11.2 Å². The molecule has 2 aromatic heterocycles. The molecule has 2 aromatic carbocycles. The van der Waals surface area contributed by atoms with E-state index in [-0.39, 0.29) is 17.1 Å². The van der Waals surface area contributed by atoms with Gasteiger partial charge >= 0.3 is 5.69 Å². The van der Waals surface area contributed by atoms with Crippen LogP contribution in [0.2, 0.25) is 5.02 Å². The summed E-state index contributed by atoms with van der Waals surface area (Å²) in [5.74, 6) is -0.512. The van der Waals surface area contributed by atoms with E-state index in [2.05, 4.69) is 27.0 Å². The lowest BCUT2D eigenvalue weighted by Gasteiger charge is -2.43. The standard InChI is InChI=1S/C34H41ClFN7O2/c1-20(37)4-2-5-21-16-27(31(36)28(35)17-21)29-18-23-19-42(34(44)41-32(23)40-29)24-10-8-22(9-11-24)30-7-3-6-25(14-15-45-33(38)39)43(30)26-12-13-26/h8-11,16-20,25-26,30H,2-7,12-15,37H2,1H3,(H3,38,39)(H,40,41,44)/t20-,25-,30?/m0/s1. The van der Waals surface area contributed by atoms with E-state index >= 15 is 4.39 Å². The van der Waals surface area contributed by atoms with Crippen molar-refractivity contribution in [1.82, 2.24) is 19.4 Å². The number of nitrogens with two attached hydrogens (primary N) is 2. The first-order valence-corrected chi connectivity index (χ1v) is 16.3. The van der Waals surface area contributed by atoms with Crippen molar-refractivity contribution in [1.29, 1.82) is 5.41 Å². The summed E-state index contributed by atoms with van der Waals surface area (Å²) >= 11 is 6.28. The van der Waals surface area contributed by atoms with Crippen LogP contribution in [0, 0.1) is 11.2 Å². The van der Waals surface area contributed by atoms with Crippen LogP contribution in [0.25, 0.3) is 28.0 Å². The van der Waals surface area contributed by atoms with Crippen molar-refractivity contribution in [3.8, 4) is 16.9 Å². The van der Waals surface area contributed by atoms with Crippen LogP contribution in [0.15, 0.2) is 53.5 Å². The fourth-order valence-corrected chi connectivity index (χ4v) is 7.00. The third kappa shape index (κ3) is 7.08. The van der Waals surface area contributed by atoms with Gasteiger partial charge in [-0.25, -0.2) is 9.18 Å². The summed E-state index contributed by atoms with van der Waals surface area (Å²) in [6.45, 7) is 2.42. The molecule has 0 radical (unpaired) electrons. The van der Waals surface area contributed by atoms with Crippen molar-refractivity contribution in [2.45, 2.75) is 88.9 Å². The maximum Gasteiger partial charge on any atom is 0.354 e. The number of piperidine rings is 1. The lowest BCUT2D eigenvalue weighted by molar-refractivity contribution is 0.0580. The molecule has 9 nitrogen and oxygen atoms in total. The number of ether oxygens (including phenoxy) is 1. The van der Waals surface area contributed by atoms with E-state index in [0.29, 0.717) is 52.7 Å². The topological polar surface area (TPSA) is 139 Å². The summed E-state index contributed by atoms with van der Waals surface area (Å²) in [6.07, 6.45) is 10.8. The largest absolute Gasteiger partial charge is 0.466 e. The van der Waals surface area contributed by atoms with Crippen LogP contribution in [0.3, 0.4) is 0 Å². The molecule has 0 amide bonds. The second kappa shape index (κ2) is 13.3. The first-order chi connectivity index (χ1) is 21.7. The number of H-pyrrole nitrogens is 1. The molecule has 2 fully saturated rings. The predicted octanol–water partition coefficient (Wildman–Crippen LogP) is 6.20. The van der Waals surface area contributed by atoms with E-state index in [4.69, 9.17) is 33.2 Å². The lowest BCUT2D eigenvalue weighted by Crippen LogP contribution is -2.44. The Hall–Kier alpha value is -3.73. The number of nitrogens with zero attached hydrogens (tertiary/aromatic N) is 3. The Morgan fingerprint density at radius 1 is 1.20 bits per heavy atom. The molecule has 3 atom stereocenters. The number of amidine groups is 1. The van der Waals surface area contributed by atoms with Crippen LogP contribution >= 0.6 is 11.6 Å². The summed E-state index contributed by atoms with van der Waals surface area (Å²) in [7, 11) is 0. The summed E-state index contributed by atoms with van der Waals surface area (Å²) in [6, 6.07) is 14.6. The van der Waals surface area contributed by atoms with Gasteiger partial charge in [-0.3, -0.25) is 14.9 Å². The number of halogens is 2. The molecule has 1 saturated carbocycles. The van der Waals surface area contributed by atoms with E-state index in [0.717, 1.165) is 50.5 Å². The Morgan fingerprint density at radius 2 is 1.98 bits per heavy atom. The molecule has 2 aliphatic rings. The van der Waals surface area contributed by atoms with Gasteiger partial charge < -0.3 is 21.2 Å². The molecule has 4 aromatic rings. The predicted molar refractivity (Wildman–Crippen MR) is 176 cm³/mol. The highest BCUT2D eigenvalue weighted by Crippen LogP contribution is 2.43. The summed E-state index contributed by atoms with van der Waals surface area (Å²) in [5, 5.41) is 8.12. The number of aromatic amines is 1. The van der Waals surface area contributed by atoms with Gasteiger partial charge in [-0.1, -0.05) is 23.7 Å². The average molecular weight is 634 g/mol. The smallest absolute Gasteiger partial charge is 0.354 e. The fraction of sp³-hybridized carbons (Fsp3) is 0.441. The van der Waals surface area contributed by atoms with Crippen molar-refractivity contribution in [3.63, 3.8) is 0 Å². The Bertz CT molecular complexity index is 1730. The SMILES string of the molecule is C[C@H](N)CCCc1cc(Cl)c(F)c(-c2cc3cn(-c4ccc(C5CCC[C@@H](CCOC(=N)N)N5C5CC5)cc4)c(=O)nc3[nH]2)c1. The van der Waals surface area contributed by atoms with Crippen molar-refractivity contribution in [3.05, 3.63) is 81.1 Å². The van der Waals surface area contributed by atoms with Crippen LogP contribution < -0.4 is 17.2 Å². The Balaban J connectivity index is 1.24. The van der Waals surface area contributed by atoms with E-state index in [9.17, 15) is 4.79 Å². The molecule has 0 bridgehead atoms. The van der Waals surface area contributed by atoms with Gasteiger partial charge in [0, 0.05) is 41.3 Å². The number of likely N-dealkylation sites (tertiary alicyclic amines) is 1. The van der Waals surface area contributed by atoms with E-state index in [1.807, 2.05) is 19.1 Å². The Morgan fingerprint density at radius 3 is 2.69 bits per heavy atom. The molecule has 1 aliphatic heterocycles. The van der Waals surface area contributed by atoms with Gasteiger partial charge in [-0.15, -0.1) is 0 Å². The zero-order valence-electron chi connectivity index (χ0n) is 25.6. The van der Waals surface area contributed by atoms with Crippen LogP contribution in [0.1, 0.15) is 75.5 Å². The molecular formula is C34H41ClFN7O2. The quantitative estimate of drug-likeness (QED) is 0.115. The van der Waals surface area contributed by atoms with Gasteiger partial charge in [-0.2, -0.15) is 4.98 Å². The maximum atomic E-state index is 15.2. The lowest BCUT2D eigenvalue weighted by atomic mass is 9.89. The summed E-state index contributed by atoms with van der Waals surface area (Å²) in [4.78, 5) is 23.2. The first-order valence-electron chi connectivity index (χ1n) is 15.9. The van der Waals surface area contributed by atoms with Gasteiger partial charge in [0.1, 0.15) is 5.65 Å². The summed E-state index contributed by atoms with van der Waals surface area (Å²) in [5.41, 5.74) is 15.0. The molecule has 238 valence electrons. The van der Waals surface area contributed by atoms with Crippen molar-refractivity contribution >= 4 is 28.7 Å². The van der Waals surface area contributed by atoms with Crippen LogP contribution in [-0.4, -0.2) is 50.2 Å². The molecule has 6 rings (SSSR count). The second-order valence-electron chi connectivity index (χ2n) is 12.6. The molecule has 3 heterocycles.